The van der Waals surface area contributed by atoms with E-state index >= 15 is 0 Å². The third kappa shape index (κ3) is 3.48. The molecule has 0 spiro atoms. The molecule has 1 atom stereocenters. The molecule has 24 heavy (non-hydrogen) atoms. The van der Waals surface area contributed by atoms with Crippen LogP contribution in [0.3, 0.4) is 0 Å². The summed E-state index contributed by atoms with van der Waals surface area (Å²) >= 11 is 1.78. The molecule has 1 N–H and O–H groups in total. The molecule has 2 aromatic rings. The van der Waals surface area contributed by atoms with E-state index in [1.807, 2.05) is 0 Å². The van der Waals surface area contributed by atoms with Crippen molar-refractivity contribution in [3.63, 3.8) is 0 Å². The topological polar surface area (TPSA) is 32.3 Å². The molecule has 1 aromatic carbocycles. The van der Waals surface area contributed by atoms with Gasteiger partial charge < -0.3 is 5.32 Å². The molecule has 2 heterocycles. The number of amides is 1. The number of thiophene rings is 1. The highest BCUT2D eigenvalue weighted by molar-refractivity contribution is 7.19. The van der Waals surface area contributed by atoms with Gasteiger partial charge >= 0.3 is 0 Å². The first-order chi connectivity index (χ1) is 11.6. The first-order valence-corrected chi connectivity index (χ1v) is 9.36. The van der Waals surface area contributed by atoms with Crippen LogP contribution >= 0.6 is 11.3 Å². The number of rotatable bonds is 4. The Morgan fingerprint density at radius 2 is 2.12 bits per heavy atom. The molecule has 1 saturated heterocycles. The second-order valence-corrected chi connectivity index (χ2v) is 7.66. The van der Waals surface area contributed by atoms with Crippen molar-refractivity contribution in [1.82, 2.24) is 10.2 Å². The fourth-order valence-electron chi connectivity index (χ4n) is 3.49. The molecule has 0 radical (unpaired) electrons. The normalized spacial score (nSPS) is 17.5. The maximum absolute atomic E-state index is 12.6. The van der Waals surface area contributed by atoms with E-state index in [-0.39, 0.29) is 17.9 Å². The van der Waals surface area contributed by atoms with Crippen LogP contribution in [0.25, 0.3) is 10.1 Å². The van der Waals surface area contributed by atoms with Crippen LogP contribution in [0, 0.1) is 25.2 Å². The monoisotopic (exact) mass is 340 g/mol. The molecule has 126 valence electrons. The maximum atomic E-state index is 12.6. The molecule has 1 aliphatic heterocycles. The molecule has 1 aromatic heterocycles. The third-order valence-electron chi connectivity index (χ3n) is 4.91. The number of aryl methyl sites for hydroxylation is 1. The van der Waals surface area contributed by atoms with Crippen LogP contribution in [0.15, 0.2) is 24.3 Å². The van der Waals surface area contributed by atoms with Gasteiger partial charge in [-0.3, -0.25) is 9.69 Å². The summed E-state index contributed by atoms with van der Waals surface area (Å²) in [5.74, 6) is 2.97. The minimum Gasteiger partial charge on any atom is -0.349 e. The Morgan fingerprint density at radius 3 is 2.79 bits per heavy atom. The number of nitrogens with zero attached hydrogens (tertiary/aromatic N) is 1. The van der Waals surface area contributed by atoms with Gasteiger partial charge in [-0.1, -0.05) is 24.1 Å². The number of piperidine rings is 1. The van der Waals surface area contributed by atoms with E-state index in [2.05, 4.69) is 54.3 Å². The number of carbonyl (C=O) groups is 1. The SMILES string of the molecule is C#CCN1CCC(C(=O)N[C@H](C)c2sc3ccccc3c2C)CC1. The number of hydrogen-bond acceptors (Lipinski definition) is 3. The highest BCUT2D eigenvalue weighted by atomic mass is 32.1. The number of likely N-dealkylation sites (tertiary alicyclic amines) is 1. The van der Waals surface area contributed by atoms with Crippen LogP contribution < -0.4 is 5.32 Å². The number of benzene rings is 1. The summed E-state index contributed by atoms with van der Waals surface area (Å²) in [4.78, 5) is 16.1. The van der Waals surface area contributed by atoms with Crippen molar-refractivity contribution in [2.24, 2.45) is 5.92 Å². The largest absolute Gasteiger partial charge is 0.349 e. The average molecular weight is 340 g/mol. The lowest BCUT2D eigenvalue weighted by atomic mass is 9.95. The molecule has 1 fully saturated rings. The summed E-state index contributed by atoms with van der Waals surface area (Å²) in [7, 11) is 0. The zero-order valence-electron chi connectivity index (χ0n) is 14.3. The van der Waals surface area contributed by atoms with Crippen LogP contribution in [0.1, 0.15) is 36.2 Å². The number of fused-ring (bicyclic) bond motifs is 1. The van der Waals surface area contributed by atoms with E-state index in [0.717, 1.165) is 25.9 Å². The van der Waals surface area contributed by atoms with Crippen molar-refractivity contribution in [2.45, 2.75) is 32.7 Å². The standard InChI is InChI=1S/C20H24N2OS/c1-4-11-22-12-9-16(10-13-22)20(23)21-15(3)19-14(2)17-7-5-6-8-18(17)24-19/h1,5-8,15-16H,9-13H2,2-3H3,(H,21,23)/t15-/m1/s1. The van der Waals surface area contributed by atoms with Gasteiger partial charge in [-0.25, -0.2) is 0 Å². The molecule has 0 aliphatic carbocycles. The lowest BCUT2D eigenvalue weighted by molar-refractivity contribution is -0.127. The maximum Gasteiger partial charge on any atom is 0.223 e. The molecular formula is C20H24N2OS. The lowest BCUT2D eigenvalue weighted by Gasteiger charge is -2.30. The van der Waals surface area contributed by atoms with Gasteiger partial charge in [0.25, 0.3) is 0 Å². The molecule has 0 saturated carbocycles. The van der Waals surface area contributed by atoms with Gasteiger partial charge in [0.2, 0.25) is 5.91 Å². The van der Waals surface area contributed by atoms with Crippen LogP contribution in [0.4, 0.5) is 0 Å². The molecule has 1 aliphatic rings. The predicted octanol–water partition coefficient (Wildman–Crippen LogP) is 3.73. The fraction of sp³-hybridized carbons (Fsp3) is 0.450. The van der Waals surface area contributed by atoms with Gasteiger partial charge in [-0.15, -0.1) is 17.8 Å². The Kier molecular flexibility index (Phi) is 5.23. The van der Waals surface area contributed by atoms with Crippen molar-refractivity contribution in [1.29, 1.82) is 0 Å². The van der Waals surface area contributed by atoms with E-state index in [9.17, 15) is 4.79 Å². The molecule has 0 unspecified atom stereocenters. The third-order valence-corrected chi connectivity index (χ3v) is 6.36. The summed E-state index contributed by atoms with van der Waals surface area (Å²) < 4.78 is 1.29. The number of carbonyl (C=O) groups excluding carboxylic acids is 1. The smallest absolute Gasteiger partial charge is 0.223 e. The summed E-state index contributed by atoms with van der Waals surface area (Å²) in [5.41, 5.74) is 1.28. The van der Waals surface area contributed by atoms with Crippen LogP contribution in [-0.4, -0.2) is 30.4 Å². The Balaban J connectivity index is 1.64. The summed E-state index contributed by atoms with van der Waals surface area (Å²) in [5, 5.41) is 4.52. The fourth-order valence-corrected chi connectivity index (χ4v) is 4.70. The molecular weight excluding hydrogens is 316 g/mol. The second kappa shape index (κ2) is 7.38. The summed E-state index contributed by atoms with van der Waals surface area (Å²) in [6.45, 7) is 6.75. The van der Waals surface area contributed by atoms with E-state index in [1.54, 1.807) is 11.3 Å². The second-order valence-electron chi connectivity index (χ2n) is 6.57. The van der Waals surface area contributed by atoms with Gasteiger partial charge in [0, 0.05) is 15.5 Å². The van der Waals surface area contributed by atoms with Crippen LogP contribution in [-0.2, 0) is 4.79 Å². The average Bonchev–Trinajstić information content (AvgIpc) is 2.93. The van der Waals surface area contributed by atoms with Crippen molar-refractivity contribution >= 4 is 27.3 Å². The van der Waals surface area contributed by atoms with E-state index in [0.29, 0.717) is 6.54 Å². The first kappa shape index (κ1) is 17.0. The Labute approximate surface area is 148 Å². The molecule has 3 nitrogen and oxygen atoms in total. The molecule has 0 bridgehead atoms. The number of hydrogen-bond donors (Lipinski definition) is 1. The Bertz CT molecular complexity index is 766. The predicted molar refractivity (Wildman–Crippen MR) is 101 cm³/mol. The minimum atomic E-state index is 0.0543. The van der Waals surface area contributed by atoms with E-state index in [4.69, 9.17) is 6.42 Å². The van der Waals surface area contributed by atoms with Gasteiger partial charge in [-0.05, 0) is 56.8 Å². The van der Waals surface area contributed by atoms with Gasteiger partial charge in [-0.2, -0.15) is 0 Å². The van der Waals surface area contributed by atoms with Crippen LogP contribution in [0.2, 0.25) is 0 Å². The molecule has 4 heteroatoms. The van der Waals surface area contributed by atoms with Gasteiger partial charge in [0.15, 0.2) is 0 Å². The zero-order chi connectivity index (χ0) is 17.1. The highest BCUT2D eigenvalue weighted by Gasteiger charge is 2.26. The Morgan fingerprint density at radius 1 is 1.42 bits per heavy atom. The van der Waals surface area contributed by atoms with Crippen molar-refractivity contribution in [3.8, 4) is 12.3 Å². The number of terminal acetylenes is 1. The lowest BCUT2D eigenvalue weighted by Crippen LogP contribution is -2.41. The first-order valence-electron chi connectivity index (χ1n) is 8.54. The van der Waals surface area contributed by atoms with E-state index in [1.165, 1.54) is 20.5 Å². The summed E-state index contributed by atoms with van der Waals surface area (Å²) in [6, 6.07) is 8.49. The van der Waals surface area contributed by atoms with Gasteiger partial charge in [0.05, 0.1) is 12.6 Å². The molecule has 3 rings (SSSR count). The van der Waals surface area contributed by atoms with Crippen molar-refractivity contribution in [2.75, 3.05) is 19.6 Å². The van der Waals surface area contributed by atoms with Crippen molar-refractivity contribution in [3.05, 3.63) is 34.7 Å². The van der Waals surface area contributed by atoms with E-state index < -0.39 is 0 Å². The Hall–Kier alpha value is -1.83. The number of nitrogens with one attached hydrogen (secondary N) is 1. The minimum absolute atomic E-state index is 0.0543. The highest BCUT2D eigenvalue weighted by Crippen LogP contribution is 2.34. The zero-order valence-corrected chi connectivity index (χ0v) is 15.2. The van der Waals surface area contributed by atoms with Gasteiger partial charge in [0.1, 0.15) is 0 Å². The quantitative estimate of drug-likeness (QED) is 0.860. The van der Waals surface area contributed by atoms with Crippen molar-refractivity contribution < 1.29 is 4.79 Å². The molecule has 1 amide bonds. The van der Waals surface area contributed by atoms with Crippen LogP contribution in [0.5, 0.6) is 0 Å². The summed E-state index contributed by atoms with van der Waals surface area (Å²) in [6.07, 6.45) is 7.15.